The first-order chi connectivity index (χ1) is 15.0. The summed E-state index contributed by atoms with van der Waals surface area (Å²) in [5.74, 6) is 5.37. The summed E-state index contributed by atoms with van der Waals surface area (Å²) in [5.41, 5.74) is 0.898. The summed E-state index contributed by atoms with van der Waals surface area (Å²) in [6.45, 7) is 0.312. The fraction of sp³-hybridized carbons (Fsp3) is 0.238. The molecule has 0 radical (unpaired) electrons. The number of carbonyl (C=O) groups excluding carboxylic acids is 2. The van der Waals surface area contributed by atoms with Crippen LogP contribution in [-0.2, 0) is 4.79 Å². The van der Waals surface area contributed by atoms with Gasteiger partial charge >= 0.3 is 0 Å². The Hall–Kier alpha value is -2.91. The van der Waals surface area contributed by atoms with Crippen LogP contribution in [0, 0.1) is 5.82 Å². The van der Waals surface area contributed by atoms with Gasteiger partial charge in [0, 0.05) is 17.7 Å². The smallest absolute Gasteiger partial charge is 0.260 e. The SMILES string of the molecule is Nn1c(SC2CCCCN(C(=O)c3ccc(F)cc3)C2=O)nnc1-c1ccccc1Cl. The Morgan fingerprint density at radius 3 is 2.61 bits per heavy atom. The van der Waals surface area contributed by atoms with E-state index in [9.17, 15) is 14.0 Å². The van der Waals surface area contributed by atoms with Gasteiger partial charge in [-0.05, 0) is 49.2 Å². The highest BCUT2D eigenvalue weighted by Gasteiger charge is 2.33. The van der Waals surface area contributed by atoms with Crippen molar-refractivity contribution in [1.82, 2.24) is 19.8 Å². The van der Waals surface area contributed by atoms with Crippen molar-refractivity contribution in [2.75, 3.05) is 12.4 Å². The maximum absolute atomic E-state index is 13.2. The number of carbonyl (C=O) groups is 2. The number of aromatic nitrogens is 3. The first kappa shape index (κ1) is 21.3. The van der Waals surface area contributed by atoms with Crippen LogP contribution in [0.5, 0.6) is 0 Å². The van der Waals surface area contributed by atoms with Gasteiger partial charge in [-0.25, -0.2) is 9.07 Å². The molecule has 1 aliphatic rings. The second-order valence-corrected chi connectivity index (χ2v) is 8.64. The topological polar surface area (TPSA) is 94.1 Å². The van der Waals surface area contributed by atoms with Crippen LogP contribution in [-0.4, -0.2) is 43.4 Å². The van der Waals surface area contributed by atoms with Gasteiger partial charge in [-0.3, -0.25) is 14.5 Å². The van der Waals surface area contributed by atoms with Crippen molar-refractivity contribution in [3.05, 3.63) is 64.9 Å². The highest BCUT2D eigenvalue weighted by atomic mass is 35.5. The number of rotatable bonds is 4. The summed E-state index contributed by atoms with van der Waals surface area (Å²) in [4.78, 5) is 27.3. The van der Waals surface area contributed by atoms with E-state index in [1.165, 1.54) is 45.6 Å². The molecule has 160 valence electrons. The number of nitrogens with two attached hydrogens (primary N) is 1. The molecule has 4 rings (SSSR count). The minimum atomic E-state index is -0.544. The van der Waals surface area contributed by atoms with Crippen molar-refractivity contribution in [1.29, 1.82) is 0 Å². The number of amides is 2. The number of hydrogen-bond acceptors (Lipinski definition) is 6. The first-order valence-electron chi connectivity index (χ1n) is 9.69. The van der Waals surface area contributed by atoms with Gasteiger partial charge in [0.1, 0.15) is 5.82 Å². The molecule has 0 saturated carbocycles. The van der Waals surface area contributed by atoms with E-state index in [0.29, 0.717) is 41.0 Å². The molecule has 1 saturated heterocycles. The van der Waals surface area contributed by atoms with E-state index in [0.717, 1.165) is 6.42 Å². The van der Waals surface area contributed by atoms with Gasteiger partial charge in [0.05, 0.1) is 10.3 Å². The number of hydrogen-bond donors (Lipinski definition) is 1. The van der Waals surface area contributed by atoms with Gasteiger partial charge in [-0.15, -0.1) is 10.2 Å². The quantitative estimate of drug-likeness (QED) is 0.471. The van der Waals surface area contributed by atoms with Gasteiger partial charge < -0.3 is 5.84 Å². The third-order valence-electron chi connectivity index (χ3n) is 5.00. The molecule has 1 fully saturated rings. The van der Waals surface area contributed by atoms with Crippen molar-refractivity contribution < 1.29 is 14.0 Å². The fourth-order valence-electron chi connectivity index (χ4n) is 3.38. The Kier molecular flexibility index (Phi) is 6.24. The fourth-order valence-corrected chi connectivity index (χ4v) is 4.65. The molecule has 1 unspecified atom stereocenters. The Bertz CT molecular complexity index is 1120. The normalized spacial score (nSPS) is 16.9. The Morgan fingerprint density at radius 1 is 1.13 bits per heavy atom. The predicted octanol–water partition coefficient (Wildman–Crippen LogP) is 3.77. The molecule has 2 N–H and O–H groups in total. The summed E-state index contributed by atoms with van der Waals surface area (Å²) < 4.78 is 14.5. The lowest BCUT2D eigenvalue weighted by atomic mass is 10.2. The third kappa shape index (κ3) is 4.42. The van der Waals surface area contributed by atoms with Crippen LogP contribution < -0.4 is 5.84 Å². The van der Waals surface area contributed by atoms with Crippen molar-refractivity contribution in [2.24, 2.45) is 0 Å². The standard InChI is InChI=1S/C21H19ClFN5O2S/c22-16-6-2-1-5-15(16)18-25-26-21(28(18)24)31-17-7-3-4-12-27(20(17)30)19(29)13-8-10-14(23)11-9-13/h1-2,5-6,8-11,17H,3-4,7,12,24H2. The van der Waals surface area contributed by atoms with Crippen molar-refractivity contribution >= 4 is 35.2 Å². The van der Waals surface area contributed by atoms with Gasteiger partial charge in [-0.1, -0.05) is 41.9 Å². The Balaban J connectivity index is 1.56. The molecule has 7 nitrogen and oxygen atoms in total. The van der Waals surface area contributed by atoms with E-state index in [1.54, 1.807) is 18.2 Å². The molecule has 31 heavy (non-hydrogen) atoms. The number of thioether (sulfide) groups is 1. The van der Waals surface area contributed by atoms with Crippen LogP contribution in [0.2, 0.25) is 5.02 Å². The largest absolute Gasteiger partial charge is 0.335 e. The number of likely N-dealkylation sites (tertiary alicyclic amines) is 1. The Labute approximate surface area is 187 Å². The molecule has 3 aromatic rings. The van der Waals surface area contributed by atoms with Crippen LogP contribution >= 0.6 is 23.4 Å². The van der Waals surface area contributed by atoms with Gasteiger partial charge in [0.2, 0.25) is 11.1 Å². The van der Waals surface area contributed by atoms with E-state index in [-0.39, 0.29) is 11.5 Å². The van der Waals surface area contributed by atoms with Gasteiger partial charge in [-0.2, -0.15) is 0 Å². The highest BCUT2D eigenvalue weighted by molar-refractivity contribution is 8.00. The maximum atomic E-state index is 13.2. The molecule has 1 aromatic heterocycles. The van der Waals surface area contributed by atoms with E-state index >= 15 is 0 Å². The lowest BCUT2D eigenvalue weighted by Gasteiger charge is -2.22. The zero-order chi connectivity index (χ0) is 22.0. The summed E-state index contributed by atoms with van der Waals surface area (Å²) >= 11 is 7.40. The lowest BCUT2D eigenvalue weighted by Crippen LogP contribution is -2.41. The lowest BCUT2D eigenvalue weighted by molar-refractivity contribution is -0.127. The molecule has 1 aliphatic heterocycles. The molecule has 10 heteroatoms. The second kappa shape index (κ2) is 9.07. The minimum absolute atomic E-state index is 0.267. The van der Waals surface area contributed by atoms with Gasteiger partial charge in [0.25, 0.3) is 5.91 Å². The molecular weight excluding hydrogens is 441 g/mol. The van der Waals surface area contributed by atoms with E-state index < -0.39 is 17.0 Å². The summed E-state index contributed by atoms with van der Waals surface area (Å²) in [6, 6.07) is 12.3. The zero-order valence-corrected chi connectivity index (χ0v) is 17.9. The molecule has 2 aromatic carbocycles. The summed E-state index contributed by atoms with van der Waals surface area (Å²) in [6.07, 6.45) is 2.04. The molecule has 2 amide bonds. The average Bonchev–Trinajstić information content (AvgIpc) is 3.02. The monoisotopic (exact) mass is 459 g/mol. The predicted molar refractivity (Wildman–Crippen MR) is 117 cm³/mol. The molecule has 1 atom stereocenters. The number of imide groups is 1. The van der Waals surface area contributed by atoms with E-state index in [2.05, 4.69) is 10.2 Å². The van der Waals surface area contributed by atoms with E-state index in [1.807, 2.05) is 6.07 Å². The van der Waals surface area contributed by atoms with Crippen LogP contribution in [0.4, 0.5) is 4.39 Å². The minimum Gasteiger partial charge on any atom is -0.335 e. The second-order valence-electron chi connectivity index (χ2n) is 7.06. The zero-order valence-electron chi connectivity index (χ0n) is 16.4. The van der Waals surface area contributed by atoms with Crippen LogP contribution in [0.1, 0.15) is 29.6 Å². The van der Waals surface area contributed by atoms with Crippen molar-refractivity contribution in [3.8, 4) is 11.4 Å². The highest BCUT2D eigenvalue weighted by Crippen LogP contribution is 2.32. The Morgan fingerprint density at radius 2 is 1.87 bits per heavy atom. The molecular formula is C21H19ClFN5O2S. The van der Waals surface area contributed by atoms with Crippen LogP contribution in [0.25, 0.3) is 11.4 Å². The number of halogens is 2. The number of benzene rings is 2. The van der Waals surface area contributed by atoms with Crippen LogP contribution in [0.3, 0.4) is 0 Å². The van der Waals surface area contributed by atoms with Crippen molar-refractivity contribution in [3.63, 3.8) is 0 Å². The number of nitrogens with zero attached hydrogens (tertiary/aromatic N) is 4. The van der Waals surface area contributed by atoms with Gasteiger partial charge in [0.15, 0.2) is 5.82 Å². The van der Waals surface area contributed by atoms with Crippen LogP contribution in [0.15, 0.2) is 53.7 Å². The van der Waals surface area contributed by atoms with E-state index in [4.69, 9.17) is 17.4 Å². The summed E-state index contributed by atoms with van der Waals surface area (Å²) in [5, 5.41) is 8.54. The average molecular weight is 460 g/mol. The molecule has 0 aliphatic carbocycles. The first-order valence-corrected chi connectivity index (χ1v) is 10.9. The molecule has 2 heterocycles. The molecule has 0 bridgehead atoms. The van der Waals surface area contributed by atoms with Crippen molar-refractivity contribution in [2.45, 2.75) is 29.7 Å². The molecule has 0 spiro atoms. The number of nitrogen functional groups attached to an aromatic ring is 1. The summed E-state index contributed by atoms with van der Waals surface area (Å²) in [7, 11) is 0. The third-order valence-corrected chi connectivity index (χ3v) is 6.54. The maximum Gasteiger partial charge on any atom is 0.260 e.